The van der Waals surface area contributed by atoms with Crippen LogP contribution >= 0.6 is 12.4 Å². The number of rotatable bonds is 4. The van der Waals surface area contributed by atoms with Gasteiger partial charge in [0.2, 0.25) is 0 Å². The molecule has 0 radical (unpaired) electrons. The number of aromatic nitrogens is 1. The summed E-state index contributed by atoms with van der Waals surface area (Å²) >= 11 is 0. The maximum Gasteiger partial charge on any atom is 0.268 e. The molecule has 1 aromatic heterocycles. The van der Waals surface area contributed by atoms with Gasteiger partial charge in [-0.15, -0.1) is 12.4 Å². The summed E-state index contributed by atoms with van der Waals surface area (Å²) < 4.78 is 14.6. The minimum Gasteiger partial charge on any atom is -0.389 e. The molecule has 2 heterocycles. The third kappa shape index (κ3) is 4.32. The molecule has 2 atom stereocenters. The number of halogens is 2. The van der Waals surface area contributed by atoms with Gasteiger partial charge in [-0.05, 0) is 61.3 Å². The van der Waals surface area contributed by atoms with Gasteiger partial charge in [-0.3, -0.25) is 14.2 Å². The fourth-order valence-corrected chi connectivity index (χ4v) is 4.13. The van der Waals surface area contributed by atoms with Gasteiger partial charge in [-0.2, -0.15) is 0 Å². The predicted molar refractivity (Wildman–Crippen MR) is 123 cm³/mol. The number of benzene rings is 2. The van der Waals surface area contributed by atoms with Crippen LogP contribution in [0.25, 0.3) is 5.69 Å². The van der Waals surface area contributed by atoms with Crippen molar-refractivity contribution < 1.29 is 14.3 Å². The van der Waals surface area contributed by atoms with Gasteiger partial charge in [0, 0.05) is 18.4 Å². The van der Waals surface area contributed by atoms with Gasteiger partial charge >= 0.3 is 0 Å². The number of nitrogens with one attached hydrogen (secondary N) is 2. The second-order valence-corrected chi connectivity index (χ2v) is 7.79. The fraction of sp³-hybridized carbons (Fsp3) is 0.250. The summed E-state index contributed by atoms with van der Waals surface area (Å²) in [6.07, 6.45) is 1.17. The van der Waals surface area contributed by atoms with Crippen molar-refractivity contribution in [1.29, 1.82) is 0 Å². The first kappa shape index (κ1) is 23.7. The molecular weight excluding hydrogens is 433 g/mol. The molecule has 8 heteroatoms. The summed E-state index contributed by atoms with van der Waals surface area (Å²) in [6.45, 7) is 2.63. The number of aliphatic hydroxyl groups excluding tert-OH is 1. The Labute approximate surface area is 191 Å². The number of hydrogen-bond acceptors (Lipinski definition) is 4. The summed E-state index contributed by atoms with van der Waals surface area (Å²) in [7, 11) is 0. The van der Waals surface area contributed by atoms with Crippen molar-refractivity contribution in [1.82, 2.24) is 15.2 Å². The zero-order chi connectivity index (χ0) is 22.0. The van der Waals surface area contributed by atoms with E-state index in [2.05, 4.69) is 10.6 Å². The van der Waals surface area contributed by atoms with Gasteiger partial charge in [-0.1, -0.05) is 30.3 Å². The Bertz CT molecular complexity index is 1150. The lowest BCUT2D eigenvalue weighted by atomic mass is 9.79. The molecular formula is C24H25ClFN3O3. The largest absolute Gasteiger partial charge is 0.389 e. The zero-order valence-electron chi connectivity index (χ0n) is 17.5. The Hall–Kier alpha value is -3.00. The Morgan fingerprint density at radius 1 is 1.16 bits per heavy atom. The van der Waals surface area contributed by atoms with E-state index in [9.17, 15) is 19.1 Å². The van der Waals surface area contributed by atoms with Gasteiger partial charge in [0.15, 0.2) is 0 Å². The number of piperidine rings is 1. The van der Waals surface area contributed by atoms with Gasteiger partial charge < -0.3 is 15.7 Å². The minimum absolute atomic E-state index is 0. The van der Waals surface area contributed by atoms with Crippen LogP contribution in [-0.4, -0.2) is 34.8 Å². The highest BCUT2D eigenvalue weighted by atomic mass is 35.5. The average molecular weight is 458 g/mol. The second kappa shape index (κ2) is 9.65. The lowest BCUT2D eigenvalue weighted by Crippen LogP contribution is -2.61. The van der Waals surface area contributed by atoms with Crippen LogP contribution in [0.15, 0.2) is 71.7 Å². The quantitative estimate of drug-likeness (QED) is 0.562. The summed E-state index contributed by atoms with van der Waals surface area (Å²) in [5, 5.41) is 17.0. The van der Waals surface area contributed by atoms with E-state index in [4.69, 9.17) is 0 Å². The van der Waals surface area contributed by atoms with Gasteiger partial charge in [0.05, 0.1) is 11.6 Å². The standard InChI is InChI=1S/C24H24FN3O3.ClH/c1-16-11-14-28(19-9-7-18(25)8-10-19)23(31)21(16)22(30)27-24(12-13-26-15-20(24)29)17-5-3-2-4-6-17;/h2-11,14,20,26,29H,12-13,15H2,1H3,(H,27,30);1H/t20-,24+;/m1./s1. The molecule has 1 aliphatic rings. The highest BCUT2D eigenvalue weighted by Gasteiger charge is 2.43. The molecule has 32 heavy (non-hydrogen) atoms. The Balaban J connectivity index is 0.00000289. The van der Waals surface area contributed by atoms with Crippen molar-refractivity contribution in [3.63, 3.8) is 0 Å². The third-order valence-corrected chi connectivity index (χ3v) is 5.86. The molecule has 0 bridgehead atoms. The van der Waals surface area contributed by atoms with Crippen LogP contribution < -0.4 is 16.2 Å². The molecule has 0 unspecified atom stereocenters. The maximum atomic E-state index is 13.4. The number of aryl methyl sites for hydroxylation is 1. The maximum absolute atomic E-state index is 13.4. The zero-order valence-corrected chi connectivity index (χ0v) is 18.4. The van der Waals surface area contributed by atoms with Crippen molar-refractivity contribution in [2.75, 3.05) is 13.1 Å². The average Bonchev–Trinajstić information content (AvgIpc) is 2.77. The molecule has 1 saturated heterocycles. The van der Waals surface area contributed by atoms with Crippen molar-refractivity contribution in [3.8, 4) is 5.69 Å². The van der Waals surface area contributed by atoms with Crippen LogP contribution in [0.5, 0.6) is 0 Å². The lowest BCUT2D eigenvalue weighted by Gasteiger charge is -2.43. The summed E-state index contributed by atoms with van der Waals surface area (Å²) in [4.78, 5) is 26.6. The molecule has 3 N–H and O–H groups in total. The van der Waals surface area contributed by atoms with Crippen LogP contribution in [0.1, 0.15) is 27.9 Å². The number of aliphatic hydroxyl groups is 1. The Kier molecular flexibility index (Phi) is 7.13. The molecule has 1 fully saturated rings. The lowest BCUT2D eigenvalue weighted by molar-refractivity contribution is 0.0289. The van der Waals surface area contributed by atoms with Crippen LogP contribution in [0.2, 0.25) is 0 Å². The molecule has 0 spiro atoms. The van der Waals surface area contributed by atoms with Crippen LogP contribution in [0.3, 0.4) is 0 Å². The predicted octanol–water partition coefficient (Wildman–Crippen LogP) is 2.69. The first-order valence-electron chi connectivity index (χ1n) is 10.2. The van der Waals surface area contributed by atoms with E-state index >= 15 is 0 Å². The number of hydrogen-bond donors (Lipinski definition) is 3. The smallest absolute Gasteiger partial charge is 0.268 e. The molecule has 6 nitrogen and oxygen atoms in total. The number of β-amino-alcohol motifs (C(OH)–C–C–N with tert-alkyl or cyclic N) is 1. The van der Waals surface area contributed by atoms with Crippen LogP contribution in [-0.2, 0) is 5.54 Å². The molecule has 3 aromatic rings. The number of carbonyl (C=O) groups excluding carboxylic acids is 1. The topological polar surface area (TPSA) is 83.4 Å². The highest BCUT2D eigenvalue weighted by Crippen LogP contribution is 2.31. The normalized spacial score (nSPS) is 20.3. The highest BCUT2D eigenvalue weighted by molar-refractivity contribution is 5.96. The van der Waals surface area contributed by atoms with E-state index in [1.165, 1.54) is 28.8 Å². The minimum atomic E-state index is -1.01. The van der Waals surface area contributed by atoms with Gasteiger partial charge in [0.25, 0.3) is 11.5 Å². The summed E-state index contributed by atoms with van der Waals surface area (Å²) in [5.74, 6) is -0.963. The van der Waals surface area contributed by atoms with E-state index < -0.39 is 28.9 Å². The summed E-state index contributed by atoms with van der Waals surface area (Å²) in [5.41, 5.74) is 0.236. The molecule has 0 aliphatic carbocycles. The first-order chi connectivity index (χ1) is 14.9. The molecule has 0 saturated carbocycles. The van der Waals surface area contributed by atoms with E-state index in [-0.39, 0.29) is 18.0 Å². The number of pyridine rings is 1. The van der Waals surface area contributed by atoms with Crippen molar-refractivity contribution in [2.24, 2.45) is 0 Å². The number of carbonyl (C=O) groups is 1. The van der Waals surface area contributed by atoms with E-state index in [1.807, 2.05) is 30.3 Å². The van der Waals surface area contributed by atoms with E-state index in [0.29, 0.717) is 30.8 Å². The number of nitrogens with zero attached hydrogens (tertiary/aromatic N) is 1. The Morgan fingerprint density at radius 2 is 1.84 bits per heavy atom. The van der Waals surface area contributed by atoms with Crippen molar-refractivity contribution in [2.45, 2.75) is 25.0 Å². The Morgan fingerprint density at radius 3 is 2.50 bits per heavy atom. The fourth-order valence-electron chi connectivity index (χ4n) is 4.13. The van der Waals surface area contributed by atoms with Crippen LogP contribution in [0, 0.1) is 12.7 Å². The third-order valence-electron chi connectivity index (χ3n) is 5.86. The van der Waals surface area contributed by atoms with Crippen LogP contribution in [0.4, 0.5) is 4.39 Å². The van der Waals surface area contributed by atoms with Gasteiger partial charge in [-0.25, -0.2) is 4.39 Å². The SMILES string of the molecule is Cc1ccn(-c2ccc(F)cc2)c(=O)c1C(=O)N[C@]1(c2ccccc2)CCNC[C@H]1O.Cl. The van der Waals surface area contributed by atoms with Crippen molar-refractivity contribution in [3.05, 3.63) is 99.7 Å². The number of amides is 1. The van der Waals surface area contributed by atoms with E-state index in [0.717, 1.165) is 5.56 Å². The molecule has 1 amide bonds. The molecule has 1 aliphatic heterocycles. The second-order valence-electron chi connectivity index (χ2n) is 7.79. The molecule has 2 aromatic carbocycles. The summed E-state index contributed by atoms with van der Waals surface area (Å²) in [6, 6.07) is 16.5. The monoisotopic (exact) mass is 457 g/mol. The van der Waals surface area contributed by atoms with E-state index in [1.54, 1.807) is 19.2 Å². The first-order valence-corrected chi connectivity index (χ1v) is 10.2. The van der Waals surface area contributed by atoms with Crippen molar-refractivity contribution >= 4 is 18.3 Å². The van der Waals surface area contributed by atoms with Gasteiger partial charge in [0.1, 0.15) is 11.4 Å². The molecule has 4 rings (SSSR count). The molecule has 168 valence electrons.